The number of nitrogens with two attached hydrogens (primary N) is 1. The summed E-state index contributed by atoms with van der Waals surface area (Å²) in [5.41, 5.74) is 8.18. The van der Waals surface area contributed by atoms with Gasteiger partial charge in [-0.2, -0.15) is 0 Å². The number of halogens is 1. The quantitative estimate of drug-likeness (QED) is 0.828. The summed E-state index contributed by atoms with van der Waals surface area (Å²) >= 11 is 0. The van der Waals surface area contributed by atoms with Crippen LogP contribution in [0.2, 0.25) is 0 Å². The molecule has 1 aromatic heterocycles. The van der Waals surface area contributed by atoms with E-state index in [0.29, 0.717) is 29.6 Å². The van der Waals surface area contributed by atoms with Gasteiger partial charge >= 0.3 is 0 Å². The first-order chi connectivity index (χ1) is 10.2. The Labute approximate surface area is 119 Å². The van der Waals surface area contributed by atoms with Crippen molar-refractivity contribution in [1.82, 2.24) is 9.97 Å². The van der Waals surface area contributed by atoms with E-state index in [4.69, 9.17) is 5.73 Å². The molecule has 3 rings (SSSR count). The number of aliphatic imine (C=N–C) groups is 1. The van der Waals surface area contributed by atoms with Crippen LogP contribution in [0.5, 0.6) is 0 Å². The van der Waals surface area contributed by atoms with E-state index in [0.717, 1.165) is 5.69 Å². The van der Waals surface area contributed by atoms with Crippen LogP contribution in [-0.2, 0) is 11.2 Å². The van der Waals surface area contributed by atoms with Gasteiger partial charge in [-0.3, -0.25) is 9.79 Å². The number of hydrogen-bond donors (Lipinski definition) is 2. The maximum absolute atomic E-state index is 14.0. The molecular weight excluding hydrogens is 273 g/mol. The highest BCUT2D eigenvalue weighted by Gasteiger charge is 2.24. The molecule has 2 aromatic rings. The van der Waals surface area contributed by atoms with E-state index in [1.807, 2.05) is 0 Å². The van der Waals surface area contributed by atoms with Crippen molar-refractivity contribution in [3.63, 3.8) is 0 Å². The molecule has 0 saturated carbocycles. The van der Waals surface area contributed by atoms with Gasteiger partial charge in [-0.25, -0.2) is 14.4 Å². The summed E-state index contributed by atoms with van der Waals surface area (Å²) in [6.45, 7) is 0. The average molecular weight is 285 g/mol. The molecule has 0 fully saturated rings. The fourth-order valence-corrected chi connectivity index (χ4v) is 2.33. The number of fused-ring (bicyclic) bond motifs is 1. The molecule has 3 N–H and O–H groups in total. The monoisotopic (exact) mass is 285 g/mol. The summed E-state index contributed by atoms with van der Waals surface area (Å²) in [7, 11) is 0. The van der Waals surface area contributed by atoms with Crippen molar-refractivity contribution in [3.8, 4) is 0 Å². The number of carbonyl (C=O) groups is 1. The van der Waals surface area contributed by atoms with Gasteiger partial charge in [-0.05, 0) is 18.2 Å². The number of rotatable bonds is 3. The van der Waals surface area contributed by atoms with Crippen molar-refractivity contribution in [2.75, 3.05) is 5.32 Å². The van der Waals surface area contributed by atoms with Crippen molar-refractivity contribution < 1.29 is 9.18 Å². The molecule has 1 aromatic carbocycles. The van der Waals surface area contributed by atoms with Gasteiger partial charge in [0, 0.05) is 23.9 Å². The second-order valence-corrected chi connectivity index (χ2v) is 4.62. The summed E-state index contributed by atoms with van der Waals surface area (Å²) in [5.74, 6) is -0.111. The van der Waals surface area contributed by atoms with Gasteiger partial charge in [-0.15, -0.1) is 0 Å². The molecule has 0 spiro atoms. The molecule has 2 heterocycles. The Hall–Kier alpha value is -2.83. The van der Waals surface area contributed by atoms with Gasteiger partial charge < -0.3 is 11.1 Å². The molecule has 1 unspecified atom stereocenters. The third-order valence-corrected chi connectivity index (χ3v) is 3.33. The summed E-state index contributed by atoms with van der Waals surface area (Å²) in [5, 5.41) is 2.49. The standard InChI is InChI=1S/C14H12FN5O/c15-11-2-1-8(19-7-21)3-9(11)13-4-12-10(14(16)20-13)5-17-6-18-12/h1-3,5-7,13H,4H2,(H2,16,20)(H,19,21). The van der Waals surface area contributed by atoms with Gasteiger partial charge in [-0.1, -0.05) is 0 Å². The van der Waals surface area contributed by atoms with Crippen LogP contribution in [0.15, 0.2) is 35.7 Å². The van der Waals surface area contributed by atoms with E-state index in [9.17, 15) is 9.18 Å². The van der Waals surface area contributed by atoms with E-state index < -0.39 is 11.9 Å². The maximum atomic E-state index is 14.0. The normalized spacial score (nSPS) is 16.8. The number of nitrogens with one attached hydrogen (secondary N) is 1. The van der Waals surface area contributed by atoms with Gasteiger partial charge in [0.05, 0.1) is 17.3 Å². The molecule has 21 heavy (non-hydrogen) atoms. The molecule has 7 heteroatoms. The lowest BCUT2D eigenvalue weighted by atomic mass is 9.96. The SMILES string of the molecule is NC1=NC(c2cc(NC=O)ccc2F)Cc2ncncc21. The molecule has 1 amide bonds. The molecule has 106 valence electrons. The summed E-state index contributed by atoms with van der Waals surface area (Å²) in [6, 6.07) is 3.86. The molecule has 0 aliphatic carbocycles. The minimum Gasteiger partial charge on any atom is -0.383 e. The lowest BCUT2D eigenvalue weighted by Crippen LogP contribution is -2.24. The third-order valence-electron chi connectivity index (χ3n) is 3.33. The Morgan fingerprint density at radius 3 is 3.10 bits per heavy atom. The maximum Gasteiger partial charge on any atom is 0.211 e. The van der Waals surface area contributed by atoms with Gasteiger partial charge in [0.1, 0.15) is 18.0 Å². The number of carbonyl (C=O) groups excluding carboxylic acids is 1. The first kappa shape index (κ1) is 13.2. The molecule has 1 atom stereocenters. The number of benzene rings is 1. The second-order valence-electron chi connectivity index (χ2n) is 4.62. The van der Waals surface area contributed by atoms with Crippen LogP contribution in [0.1, 0.15) is 22.9 Å². The molecule has 0 saturated heterocycles. The zero-order chi connectivity index (χ0) is 14.8. The highest BCUT2D eigenvalue weighted by molar-refractivity contribution is 5.99. The number of amidine groups is 1. The largest absolute Gasteiger partial charge is 0.383 e. The van der Waals surface area contributed by atoms with Crippen molar-refractivity contribution in [2.45, 2.75) is 12.5 Å². The average Bonchev–Trinajstić information content (AvgIpc) is 2.49. The Morgan fingerprint density at radius 1 is 1.43 bits per heavy atom. The molecule has 1 aliphatic rings. The molecule has 6 nitrogen and oxygen atoms in total. The van der Waals surface area contributed by atoms with Gasteiger partial charge in [0.25, 0.3) is 0 Å². The summed E-state index contributed by atoms with van der Waals surface area (Å²) in [4.78, 5) is 22.9. The molecule has 0 bridgehead atoms. The first-order valence-electron chi connectivity index (χ1n) is 6.31. The highest BCUT2D eigenvalue weighted by atomic mass is 19.1. The van der Waals surface area contributed by atoms with Crippen molar-refractivity contribution >= 4 is 17.9 Å². The lowest BCUT2D eigenvalue weighted by Gasteiger charge is -2.21. The Kier molecular flexibility index (Phi) is 3.31. The van der Waals surface area contributed by atoms with E-state index in [2.05, 4.69) is 20.3 Å². The topological polar surface area (TPSA) is 93.3 Å². The molecular formula is C14H12FN5O. The van der Waals surface area contributed by atoms with Crippen molar-refractivity contribution in [2.24, 2.45) is 10.7 Å². The van der Waals surface area contributed by atoms with Crippen LogP contribution in [0.4, 0.5) is 10.1 Å². The number of aromatic nitrogens is 2. The minimum absolute atomic E-state index is 0.287. The van der Waals surface area contributed by atoms with Crippen LogP contribution in [0.3, 0.4) is 0 Å². The smallest absolute Gasteiger partial charge is 0.211 e. The first-order valence-corrected chi connectivity index (χ1v) is 6.31. The predicted molar refractivity (Wildman–Crippen MR) is 75.3 cm³/mol. The zero-order valence-electron chi connectivity index (χ0n) is 11.0. The summed E-state index contributed by atoms with van der Waals surface area (Å²) < 4.78 is 14.0. The van der Waals surface area contributed by atoms with E-state index in [1.54, 1.807) is 12.3 Å². The minimum atomic E-state index is -0.471. The van der Waals surface area contributed by atoms with E-state index >= 15 is 0 Å². The Bertz CT molecular complexity index is 731. The van der Waals surface area contributed by atoms with Crippen LogP contribution in [0, 0.1) is 5.82 Å². The van der Waals surface area contributed by atoms with E-state index in [1.165, 1.54) is 18.5 Å². The second kappa shape index (κ2) is 5.28. The zero-order valence-corrected chi connectivity index (χ0v) is 11.0. The fraction of sp³-hybridized carbons (Fsp3) is 0.143. The molecule has 0 radical (unpaired) electrons. The number of hydrogen-bond acceptors (Lipinski definition) is 5. The predicted octanol–water partition coefficient (Wildman–Crippen LogP) is 1.19. The van der Waals surface area contributed by atoms with Crippen LogP contribution in [-0.4, -0.2) is 22.2 Å². The van der Waals surface area contributed by atoms with Crippen molar-refractivity contribution in [3.05, 3.63) is 53.4 Å². The van der Waals surface area contributed by atoms with E-state index in [-0.39, 0.29) is 5.84 Å². The number of nitrogens with zero attached hydrogens (tertiary/aromatic N) is 3. The Balaban J connectivity index is 2.01. The number of amides is 1. The Morgan fingerprint density at radius 2 is 2.29 bits per heavy atom. The lowest BCUT2D eigenvalue weighted by molar-refractivity contribution is -0.105. The van der Waals surface area contributed by atoms with Gasteiger partial charge in [0.15, 0.2) is 0 Å². The van der Waals surface area contributed by atoms with Gasteiger partial charge in [0.2, 0.25) is 6.41 Å². The van der Waals surface area contributed by atoms with Crippen LogP contribution in [0.25, 0.3) is 0 Å². The highest BCUT2D eigenvalue weighted by Crippen LogP contribution is 2.30. The summed E-state index contributed by atoms with van der Waals surface area (Å²) in [6.07, 6.45) is 3.99. The van der Waals surface area contributed by atoms with Crippen molar-refractivity contribution in [1.29, 1.82) is 0 Å². The van der Waals surface area contributed by atoms with Crippen LogP contribution < -0.4 is 11.1 Å². The molecule has 1 aliphatic heterocycles. The number of anilines is 1. The fourth-order valence-electron chi connectivity index (χ4n) is 2.33. The van der Waals surface area contributed by atoms with Crippen LogP contribution >= 0.6 is 0 Å². The third kappa shape index (κ3) is 2.45.